The van der Waals surface area contributed by atoms with Gasteiger partial charge in [-0.25, -0.2) is 4.79 Å². The van der Waals surface area contributed by atoms with Crippen LogP contribution in [0.3, 0.4) is 0 Å². The Labute approximate surface area is 158 Å². The maximum Gasteiger partial charge on any atom is 0.335 e. The van der Waals surface area contributed by atoms with Gasteiger partial charge < -0.3 is 19.4 Å². The first-order valence-electron chi connectivity index (χ1n) is 9.43. The molecule has 1 N–H and O–H groups in total. The van der Waals surface area contributed by atoms with Gasteiger partial charge in [-0.05, 0) is 31.4 Å². The molecule has 0 saturated heterocycles. The fourth-order valence-corrected chi connectivity index (χ4v) is 4.38. The minimum absolute atomic E-state index is 0.119. The molecule has 6 nitrogen and oxygen atoms in total. The Bertz CT molecular complexity index is 914. The fourth-order valence-electron chi connectivity index (χ4n) is 4.38. The molecule has 0 spiro atoms. The summed E-state index contributed by atoms with van der Waals surface area (Å²) in [5, 5.41) is 1.26. The average Bonchev–Trinajstić information content (AvgIpc) is 3.06. The zero-order valence-corrected chi connectivity index (χ0v) is 15.7. The van der Waals surface area contributed by atoms with Crippen molar-refractivity contribution in [1.29, 1.82) is 0 Å². The van der Waals surface area contributed by atoms with Gasteiger partial charge in [-0.15, -0.1) is 0 Å². The number of hydrogen-bond donors (Lipinski definition) is 1. The Hall–Kier alpha value is -2.76. The molecular weight excluding hydrogens is 344 g/mol. The largest absolute Gasteiger partial charge is 0.466 e. The second-order valence-corrected chi connectivity index (χ2v) is 7.08. The second kappa shape index (κ2) is 7.10. The highest BCUT2D eigenvalue weighted by molar-refractivity contribution is 5.90. The van der Waals surface area contributed by atoms with Crippen molar-refractivity contribution in [2.75, 3.05) is 20.3 Å². The van der Waals surface area contributed by atoms with E-state index in [4.69, 9.17) is 9.47 Å². The minimum atomic E-state index is -0.370. The predicted molar refractivity (Wildman–Crippen MR) is 101 cm³/mol. The van der Waals surface area contributed by atoms with Crippen molar-refractivity contribution in [3.8, 4) is 0 Å². The van der Waals surface area contributed by atoms with Crippen LogP contribution in [0.2, 0.25) is 0 Å². The predicted octanol–water partition coefficient (Wildman–Crippen LogP) is 3.10. The van der Waals surface area contributed by atoms with Gasteiger partial charge in [0, 0.05) is 35.3 Å². The van der Waals surface area contributed by atoms with Gasteiger partial charge in [0.25, 0.3) is 0 Å². The topological polar surface area (TPSA) is 71.6 Å². The van der Waals surface area contributed by atoms with E-state index < -0.39 is 0 Å². The summed E-state index contributed by atoms with van der Waals surface area (Å²) in [7, 11) is 1.38. The van der Waals surface area contributed by atoms with Crippen LogP contribution in [0.4, 0.5) is 0 Å². The Morgan fingerprint density at radius 3 is 2.89 bits per heavy atom. The normalized spacial score (nSPS) is 21.3. The summed E-state index contributed by atoms with van der Waals surface area (Å²) in [6, 6.07) is 8.44. The van der Waals surface area contributed by atoms with Gasteiger partial charge in [0.1, 0.15) is 0 Å². The first-order chi connectivity index (χ1) is 13.1. The highest BCUT2D eigenvalue weighted by Gasteiger charge is 2.38. The highest BCUT2D eigenvalue weighted by atomic mass is 16.5. The van der Waals surface area contributed by atoms with Crippen molar-refractivity contribution in [2.45, 2.75) is 32.2 Å². The standard InChI is InChI=1S/C21H24N2O4/c1-3-27-19(24)11-13-10-18-20-15(14-6-4-5-7-17(14)22-20)8-9-23(18)12-16(13)21(25)26-2/h4-7,12-13,18,22H,3,8-11H2,1-2H3/t13-,18+/m1/s1. The molecule has 2 aromatic rings. The molecule has 142 valence electrons. The molecule has 4 rings (SSSR count). The smallest absolute Gasteiger partial charge is 0.335 e. The van der Waals surface area contributed by atoms with E-state index in [-0.39, 0.29) is 30.3 Å². The van der Waals surface area contributed by atoms with E-state index in [0.717, 1.165) is 18.5 Å². The first-order valence-corrected chi connectivity index (χ1v) is 9.43. The lowest BCUT2D eigenvalue weighted by Gasteiger charge is -2.41. The number of benzene rings is 1. The van der Waals surface area contributed by atoms with Crippen molar-refractivity contribution in [3.05, 3.63) is 47.3 Å². The Balaban J connectivity index is 1.71. The molecule has 0 amide bonds. The van der Waals surface area contributed by atoms with Gasteiger partial charge in [0.2, 0.25) is 0 Å². The monoisotopic (exact) mass is 368 g/mol. The summed E-state index contributed by atoms with van der Waals surface area (Å²) in [5.74, 6) is -0.862. The van der Waals surface area contributed by atoms with Gasteiger partial charge in [0.15, 0.2) is 0 Å². The van der Waals surface area contributed by atoms with Gasteiger partial charge in [-0.3, -0.25) is 4.79 Å². The molecule has 6 heteroatoms. The van der Waals surface area contributed by atoms with Crippen molar-refractivity contribution < 1.29 is 19.1 Å². The van der Waals surface area contributed by atoms with Crippen molar-refractivity contribution in [1.82, 2.24) is 9.88 Å². The number of para-hydroxylation sites is 1. The third-order valence-electron chi connectivity index (χ3n) is 5.59. The number of H-pyrrole nitrogens is 1. The highest BCUT2D eigenvalue weighted by Crippen LogP contribution is 2.43. The van der Waals surface area contributed by atoms with Crippen LogP contribution < -0.4 is 0 Å². The third kappa shape index (κ3) is 3.09. The van der Waals surface area contributed by atoms with Crippen LogP contribution in [0.5, 0.6) is 0 Å². The van der Waals surface area contributed by atoms with E-state index >= 15 is 0 Å². The van der Waals surface area contributed by atoms with E-state index in [0.29, 0.717) is 18.6 Å². The number of hydrogen-bond acceptors (Lipinski definition) is 5. The summed E-state index contributed by atoms with van der Waals surface area (Å²) in [4.78, 5) is 30.2. The van der Waals surface area contributed by atoms with Crippen LogP contribution >= 0.6 is 0 Å². The van der Waals surface area contributed by atoms with Crippen LogP contribution in [-0.2, 0) is 25.5 Å². The number of carbonyl (C=O) groups excluding carboxylic acids is 2. The van der Waals surface area contributed by atoms with E-state index in [9.17, 15) is 9.59 Å². The van der Waals surface area contributed by atoms with Crippen LogP contribution in [-0.4, -0.2) is 42.1 Å². The summed E-state index contributed by atoms with van der Waals surface area (Å²) >= 11 is 0. The summed E-state index contributed by atoms with van der Waals surface area (Å²) in [6.45, 7) is 2.96. The third-order valence-corrected chi connectivity index (χ3v) is 5.59. The molecule has 0 saturated carbocycles. The first kappa shape index (κ1) is 17.6. The van der Waals surface area contributed by atoms with Gasteiger partial charge in [0.05, 0.1) is 31.8 Å². The summed E-state index contributed by atoms with van der Waals surface area (Å²) in [5.41, 5.74) is 4.23. The van der Waals surface area contributed by atoms with Crippen LogP contribution in [0.15, 0.2) is 36.0 Å². The molecule has 0 bridgehead atoms. The molecule has 0 unspecified atom stereocenters. The zero-order valence-electron chi connectivity index (χ0n) is 15.7. The van der Waals surface area contributed by atoms with Crippen LogP contribution in [0.1, 0.15) is 37.1 Å². The number of methoxy groups -OCH3 is 1. The summed E-state index contributed by atoms with van der Waals surface area (Å²) < 4.78 is 10.1. The van der Waals surface area contributed by atoms with E-state index in [2.05, 4.69) is 28.1 Å². The Morgan fingerprint density at radius 2 is 2.11 bits per heavy atom. The van der Waals surface area contributed by atoms with Crippen molar-refractivity contribution >= 4 is 22.8 Å². The fraction of sp³-hybridized carbons (Fsp3) is 0.429. The van der Waals surface area contributed by atoms with E-state index in [1.807, 2.05) is 12.3 Å². The molecule has 0 fully saturated rings. The Kier molecular flexibility index (Phi) is 4.64. The lowest BCUT2D eigenvalue weighted by molar-refractivity contribution is -0.144. The zero-order chi connectivity index (χ0) is 19.0. The number of aromatic nitrogens is 1. The molecular formula is C21H24N2O4. The van der Waals surface area contributed by atoms with Gasteiger partial charge in [-0.2, -0.15) is 0 Å². The van der Waals surface area contributed by atoms with Crippen LogP contribution in [0.25, 0.3) is 10.9 Å². The number of nitrogens with one attached hydrogen (secondary N) is 1. The number of aromatic amines is 1. The quantitative estimate of drug-likeness (QED) is 0.840. The number of fused-ring (bicyclic) bond motifs is 5. The molecule has 2 aliphatic rings. The average molecular weight is 368 g/mol. The maximum atomic E-state index is 12.3. The lowest BCUT2D eigenvalue weighted by Crippen LogP contribution is -2.38. The lowest BCUT2D eigenvalue weighted by atomic mass is 9.82. The van der Waals surface area contributed by atoms with Crippen molar-refractivity contribution in [2.24, 2.45) is 5.92 Å². The number of rotatable bonds is 4. The summed E-state index contributed by atoms with van der Waals surface area (Å²) in [6.07, 6.45) is 3.68. The van der Waals surface area contributed by atoms with Crippen LogP contribution in [0, 0.1) is 5.92 Å². The number of carbonyl (C=O) groups is 2. The number of nitrogens with zero attached hydrogens (tertiary/aromatic N) is 1. The maximum absolute atomic E-state index is 12.3. The molecule has 27 heavy (non-hydrogen) atoms. The molecule has 2 aliphatic heterocycles. The molecule has 3 heterocycles. The molecule has 2 atom stereocenters. The van der Waals surface area contributed by atoms with Gasteiger partial charge >= 0.3 is 11.9 Å². The Morgan fingerprint density at radius 1 is 1.30 bits per heavy atom. The molecule has 0 aliphatic carbocycles. The van der Waals surface area contributed by atoms with E-state index in [1.54, 1.807) is 6.92 Å². The van der Waals surface area contributed by atoms with Crippen molar-refractivity contribution in [3.63, 3.8) is 0 Å². The molecule has 1 aromatic carbocycles. The number of ether oxygens (including phenoxy) is 2. The SMILES string of the molecule is CCOC(=O)C[C@H]1C[C@H]2c3[nH]c4ccccc4c3CCN2C=C1C(=O)OC. The van der Waals surface area contributed by atoms with E-state index in [1.165, 1.54) is 23.8 Å². The van der Waals surface area contributed by atoms with Gasteiger partial charge in [-0.1, -0.05) is 18.2 Å². The molecule has 0 radical (unpaired) electrons. The number of esters is 2. The molecule has 1 aromatic heterocycles. The second-order valence-electron chi connectivity index (χ2n) is 7.08. The minimum Gasteiger partial charge on any atom is -0.466 e.